The topological polar surface area (TPSA) is 110 Å². The predicted octanol–water partition coefficient (Wildman–Crippen LogP) is 4.06. The van der Waals surface area contributed by atoms with Crippen LogP contribution in [0.2, 0.25) is 0 Å². The first-order chi connectivity index (χ1) is 13.3. The molecule has 0 N–H and O–H groups in total. The van der Waals surface area contributed by atoms with Crippen molar-refractivity contribution in [1.82, 2.24) is 9.80 Å². The summed E-state index contributed by atoms with van der Waals surface area (Å²) in [7, 11) is 0. The third-order valence-electron chi connectivity index (χ3n) is 5.18. The van der Waals surface area contributed by atoms with Gasteiger partial charge in [-0.3, -0.25) is 20.2 Å². The number of hydrogen-bond donors (Lipinski definition) is 0. The zero-order valence-corrected chi connectivity index (χ0v) is 15.5. The largest absolute Gasteiger partial charge is 0.321 e. The van der Waals surface area contributed by atoms with Gasteiger partial charge in [0.15, 0.2) is 0 Å². The number of rotatable bonds is 6. The van der Waals surface area contributed by atoms with E-state index in [0.29, 0.717) is 13.1 Å². The van der Waals surface area contributed by atoms with Crippen molar-refractivity contribution in [3.8, 4) is 0 Å². The smallest absolute Gasteiger partial charge is 0.316 e. The van der Waals surface area contributed by atoms with Gasteiger partial charge in [-0.15, -0.1) is 0 Å². The monoisotopic (exact) mass is 384 g/mol. The minimum Gasteiger partial charge on any atom is -0.316 e. The molecule has 2 atom stereocenters. The number of amides is 2. The standard InChI is InChI=1S/C19H20N4O5/c1-13(15-3-7-17(8-4-15)22(25)26)20-11-12-21(19(20)24)14(2)16-5-9-18(10-6-16)23(27)28/h3-10,13-14H,11-12H2,1-2H3. The number of nitro benzene ring substituents is 2. The molecule has 1 fully saturated rings. The SMILES string of the molecule is CC(c1ccc([N+](=O)[O-])cc1)N1CCN(C(C)c2ccc([N+](=O)[O-])cc2)C1=O. The number of nitro groups is 2. The van der Waals surface area contributed by atoms with Crippen molar-refractivity contribution in [3.63, 3.8) is 0 Å². The summed E-state index contributed by atoms with van der Waals surface area (Å²) in [6.07, 6.45) is 0. The number of non-ortho nitro benzene ring substituents is 2. The van der Waals surface area contributed by atoms with Crippen molar-refractivity contribution in [2.45, 2.75) is 25.9 Å². The molecule has 1 aliphatic heterocycles. The fraction of sp³-hybridized carbons (Fsp3) is 0.316. The third-order valence-corrected chi connectivity index (χ3v) is 5.18. The summed E-state index contributed by atoms with van der Waals surface area (Å²) in [6.45, 7) is 4.85. The summed E-state index contributed by atoms with van der Waals surface area (Å²) in [4.78, 5) is 37.1. The molecule has 0 radical (unpaired) electrons. The summed E-state index contributed by atoms with van der Waals surface area (Å²) in [5.74, 6) is 0. The van der Waals surface area contributed by atoms with Gasteiger partial charge in [-0.05, 0) is 25.0 Å². The van der Waals surface area contributed by atoms with Gasteiger partial charge in [-0.2, -0.15) is 0 Å². The lowest BCUT2D eigenvalue weighted by Gasteiger charge is -2.28. The van der Waals surface area contributed by atoms with E-state index in [-0.39, 0.29) is 29.5 Å². The van der Waals surface area contributed by atoms with Gasteiger partial charge in [0.05, 0.1) is 21.9 Å². The Labute approximate surface area is 161 Å². The first kappa shape index (κ1) is 19.3. The summed E-state index contributed by atoms with van der Waals surface area (Å²) < 4.78 is 0. The Morgan fingerprint density at radius 3 is 1.36 bits per heavy atom. The molecule has 2 aromatic rings. The van der Waals surface area contributed by atoms with Gasteiger partial charge in [0, 0.05) is 37.4 Å². The molecule has 0 bridgehead atoms. The van der Waals surface area contributed by atoms with Crippen LogP contribution in [0.4, 0.5) is 16.2 Å². The van der Waals surface area contributed by atoms with E-state index in [9.17, 15) is 25.0 Å². The molecule has 1 heterocycles. The van der Waals surface area contributed by atoms with Crippen molar-refractivity contribution in [2.75, 3.05) is 13.1 Å². The Bertz CT molecular complexity index is 824. The third kappa shape index (κ3) is 3.64. The van der Waals surface area contributed by atoms with Gasteiger partial charge in [-0.1, -0.05) is 24.3 Å². The maximum absolute atomic E-state index is 12.9. The minimum absolute atomic E-state index is 0.0112. The maximum atomic E-state index is 12.9. The van der Waals surface area contributed by atoms with Crippen molar-refractivity contribution in [1.29, 1.82) is 0 Å². The normalized spacial score (nSPS) is 16.1. The molecule has 28 heavy (non-hydrogen) atoms. The van der Waals surface area contributed by atoms with Crippen LogP contribution in [0.25, 0.3) is 0 Å². The lowest BCUT2D eigenvalue weighted by Crippen LogP contribution is -2.35. The first-order valence-corrected chi connectivity index (χ1v) is 8.85. The van der Waals surface area contributed by atoms with Crippen molar-refractivity contribution >= 4 is 17.4 Å². The highest BCUT2D eigenvalue weighted by Crippen LogP contribution is 2.31. The molecule has 0 spiro atoms. The van der Waals surface area contributed by atoms with Crippen molar-refractivity contribution in [2.24, 2.45) is 0 Å². The number of urea groups is 1. The van der Waals surface area contributed by atoms with Gasteiger partial charge >= 0.3 is 6.03 Å². The second-order valence-electron chi connectivity index (χ2n) is 6.72. The highest BCUT2D eigenvalue weighted by Gasteiger charge is 2.35. The Morgan fingerprint density at radius 1 is 0.750 bits per heavy atom. The van der Waals surface area contributed by atoms with E-state index in [1.54, 1.807) is 34.1 Å². The van der Waals surface area contributed by atoms with Gasteiger partial charge in [0.2, 0.25) is 0 Å². The van der Waals surface area contributed by atoms with E-state index in [2.05, 4.69) is 0 Å². The molecule has 2 amide bonds. The second-order valence-corrected chi connectivity index (χ2v) is 6.72. The summed E-state index contributed by atoms with van der Waals surface area (Å²) in [5, 5.41) is 21.6. The van der Waals surface area contributed by atoms with Crippen LogP contribution in [0.5, 0.6) is 0 Å². The molecule has 0 aliphatic carbocycles. The quantitative estimate of drug-likeness (QED) is 0.551. The summed E-state index contributed by atoms with van der Waals surface area (Å²) >= 11 is 0. The summed E-state index contributed by atoms with van der Waals surface area (Å²) in [5.41, 5.74) is 1.67. The molecule has 0 saturated carbocycles. The molecule has 2 aromatic carbocycles. The van der Waals surface area contributed by atoms with Crippen molar-refractivity contribution in [3.05, 3.63) is 79.9 Å². The van der Waals surface area contributed by atoms with E-state index >= 15 is 0 Å². The Kier molecular flexibility index (Phi) is 5.25. The average molecular weight is 384 g/mol. The van der Waals surface area contributed by atoms with Crippen LogP contribution in [0.15, 0.2) is 48.5 Å². The number of carbonyl (C=O) groups excluding carboxylic acids is 1. The predicted molar refractivity (Wildman–Crippen MR) is 102 cm³/mol. The molecule has 9 nitrogen and oxygen atoms in total. The number of hydrogen-bond acceptors (Lipinski definition) is 5. The van der Waals surface area contributed by atoms with E-state index in [0.717, 1.165) is 11.1 Å². The first-order valence-electron chi connectivity index (χ1n) is 8.85. The highest BCUT2D eigenvalue weighted by molar-refractivity contribution is 5.77. The van der Waals surface area contributed by atoms with Gasteiger partial charge in [0.1, 0.15) is 0 Å². The fourth-order valence-corrected chi connectivity index (χ4v) is 3.40. The fourth-order valence-electron chi connectivity index (χ4n) is 3.40. The van der Waals surface area contributed by atoms with Gasteiger partial charge in [-0.25, -0.2) is 4.79 Å². The van der Waals surface area contributed by atoms with Crippen LogP contribution in [-0.2, 0) is 0 Å². The summed E-state index contributed by atoms with van der Waals surface area (Å²) in [6, 6.07) is 11.8. The van der Waals surface area contributed by atoms with Crippen LogP contribution in [0.1, 0.15) is 37.1 Å². The molecule has 146 valence electrons. The van der Waals surface area contributed by atoms with Crippen LogP contribution >= 0.6 is 0 Å². The number of nitrogens with zero attached hydrogens (tertiary/aromatic N) is 4. The van der Waals surface area contributed by atoms with Crippen LogP contribution in [-0.4, -0.2) is 38.8 Å². The van der Waals surface area contributed by atoms with Gasteiger partial charge < -0.3 is 9.80 Å². The van der Waals surface area contributed by atoms with E-state index in [1.165, 1.54) is 24.3 Å². The molecule has 3 rings (SSSR count). The Hall–Kier alpha value is -3.49. The number of carbonyl (C=O) groups is 1. The minimum atomic E-state index is -0.455. The zero-order valence-electron chi connectivity index (χ0n) is 15.5. The molecule has 2 unspecified atom stereocenters. The Balaban J connectivity index is 1.72. The number of benzene rings is 2. The average Bonchev–Trinajstić information content (AvgIpc) is 3.08. The molecule has 1 saturated heterocycles. The van der Waals surface area contributed by atoms with E-state index in [1.807, 2.05) is 13.8 Å². The molecule has 0 aromatic heterocycles. The van der Waals surface area contributed by atoms with Crippen LogP contribution in [0, 0.1) is 20.2 Å². The maximum Gasteiger partial charge on any atom is 0.321 e. The van der Waals surface area contributed by atoms with Crippen LogP contribution < -0.4 is 0 Å². The van der Waals surface area contributed by atoms with Crippen molar-refractivity contribution < 1.29 is 14.6 Å². The zero-order chi connectivity index (χ0) is 20.4. The van der Waals surface area contributed by atoms with E-state index in [4.69, 9.17) is 0 Å². The van der Waals surface area contributed by atoms with Gasteiger partial charge in [0.25, 0.3) is 11.4 Å². The molecular weight excluding hydrogens is 364 g/mol. The highest BCUT2D eigenvalue weighted by atomic mass is 16.6. The molecule has 1 aliphatic rings. The van der Waals surface area contributed by atoms with Crippen LogP contribution in [0.3, 0.4) is 0 Å². The lowest BCUT2D eigenvalue weighted by molar-refractivity contribution is -0.385. The second kappa shape index (κ2) is 7.63. The lowest BCUT2D eigenvalue weighted by atomic mass is 10.1. The molecular formula is C19H20N4O5. The van der Waals surface area contributed by atoms with E-state index < -0.39 is 9.85 Å². The molecule has 9 heteroatoms. The Morgan fingerprint density at radius 2 is 1.07 bits per heavy atom.